The first-order valence-electron chi connectivity index (χ1n) is 10.4. The van der Waals surface area contributed by atoms with Gasteiger partial charge in [0, 0.05) is 25.3 Å². The molecule has 1 fully saturated rings. The zero-order valence-electron chi connectivity index (χ0n) is 18.6. The van der Waals surface area contributed by atoms with E-state index in [9.17, 15) is 26.4 Å². The molecular formula is C23H27F3N2O4S. The average Bonchev–Trinajstić information content (AvgIpc) is 3.20. The smallest absolute Gasteiger partial charge is 0.416 e. The fourth-order valence-electron chi connectivity index (χ4n) is 4.16. The number of nitrogens with two attached hydrogens (primary N) is 1. The Bertz CT molecular complexity index is 1120. The van der Waals surface area contributed by atoms with E-state index in [0.717, 1.165) is 24.0 Å². The number of halogens is 3. The van der Waals surface area contributed by atoms with E-state index in [-0.39, 0.29) is 16.6 Å². The molecule has 1 heterocycles. The van der Waals surface area contributed by atoms with Crippen LogP contribution in [-0.4, -0.2) is 50.2 Å². The van der Waals surface area contributed by atoms with E-state index in [4.69, 9.17) is 10.5 Å². The molecule has 2 N–H and O–H groups in total. The van der Waals surface area contributed by atoms with Gasteiger partial charge in [0.1, 0.15) is 17.4 Å². The van der Waals surface area contributed by atoms with E-state index < -0.39 is 39.1 Å². The first-order valence-corrected chi connectivity index (χ1v) is 12.3. The van der Waals surface area contributed by atoms with Crippen molar-refractivity contribution in [1.29, 1.82) is 0 Å². The third-order valence-corrected chi connectivity index (χ3v) is 7.54. The summed E-state index contributed by atoms with van der Waals surface area (Å²) < 4.78 is 68.2. The third-order valence-electron chi connectivity index (χ3n) is 6.42. The molecule has 1 aliphatic rings. The van der Waals surface area contributed by atoms with Crippen molar-refractivity contribution in [3.63, 3.8) is 0 Å². The van der Waals surface area contributed by atoms with E-state index in [1.54, 1.807) is 19.1 Å². The molecule has 3 atom stereocenters. The second kappa shape index (κ2) is 8.98. The predicted octanol–water partition coefficient (Wildman–Crippen LogP) is 3.61. The van der Waals surface area contributed by atoms with Crippen LogP contribution >= 0.6 is 0 Å². The summed E-state index contributed by atoms with van der Waals surface area (Å²) in [6, 6.07) is 11.0. The summed E-state index contributed by atoms with van der Waals surface area (Å²) in [6.07, 6.45) is -3.24. The highest BCUT2D eigenvalue weighted by molar-refractivity contribution is 7.90. The van der Waals surface area contributed by atoms with Crippen LogP contribution in [0.25, 0.3) is 0 Å². The summed E-state index contributed by atoms with van der Waals surface area (Å²) in [4.78, 5) is 14.6. The summed E-state index contributed by atoms with van der Waals surface area (Å²) in [7, 11) is -3.35. The Morgan fingerprint density at radius 3 is 2.36 bits per heavy atom. The van der Waals surface area contributed by atoms with Crippen molar-refractivity contribution in [2.75, 3.05) is 19.3 Å². The number of carbonyl (C=O) groups excluding carboxylic acids is 1. The average molecular weight is 485 g/mol. The van der Waals surface area contributed by atoms with Crippen molar-refractivity contribution in [2.45, 2.75) is 48.9 Å². The molecular weight excluding hydrogens is 457 g/mol. The zero-order valence-corrected chi connectivity index (χ0v) is 19.4. The lowest BCUT2D eigenvalue weighted by molar-refractivity contribution is -0.137. The van der Waals surface area contributed by atoms with Crippen molar-refractivity contribution >= 4 is 15.7 Å². The van der Waals surface area contributed by atoms with E-state index >= 15 is 0 Å². The van der Waals surface area contributed by atoms with Gasteiger partial charge in [-0.2, -0.15) is 13.2 Å². The van der Waals surface area contributed by atoms with Crippen molar-refractivity contribution in [3.05, 3.63) is 59.7 Å². The van der Waals surface area contributed by atoms with Gasteiger partial charge >= 0.3 is 6.18 Å². The lowest BCUT2D eigenvalue weighted by Crippen LogP contribution is -2.58. The molecule has 0 bridgehead atoms. The minimum absolute atomic E-state index is 0.113. The molecule has 0 aliphatic carbocycles. The number of amides is 1. The number of hydrogen-bond acceptors (Lipinski definition) is 5. The number of likely N-dealkylation sites (tertiary alicyclic amines) is 1. The molecule has 1 unspecified atom stereocenters. The van der Waals surface area contributed by atoms with Crippen LogP contribution in [0.5, 0.6) is 5.75 Å². The Labute approximate surface area is 191 Å². The van der Waals surface area contributed by atoms with Gasteiger partial charge in [-0.3, -0.25) is 9.69 Å². The Morgan fingerprint density at radius 1 is 1.18 bits per heavy atom. The van der Waals surface area contributed by atoms with Crippen LogP contribution in [0.15, 0.2) is 53.4 Å². The minimum atomic E-state index is -4.46. The number of benzene rings is 2. The van der Waals surface area contributed by atoms with Gasteiger partial charge < -0.3 is 10.5 Å². The van der Waals surface area contributed by atoms with Crippen LogP contribution in [0, 0.1) is 0 Å². The first kappa shape index (κ1) is 25.0. The number of rotatable bonds is 7. The highest BCUT2D eigenvalue weighted by Gasteiger charge is 2.46. The second-order valence-electron chi connectivity index (χ2n) is 8.57. The first-order chi connectivity index (χ1) is 15.2. The van der Waals surface area contributed by atoms with Crippen LogP contribution in [0.4, 0.5) is 13.2 Å². The molecule has 33 heavy (non-hydrogen) atoms. The number of primary amides is 1. The van der Waals surface area contributed by atoms with E-state index in [1.807, 2.05) is 11.8 Å². The summed E-state index contributed by atoms with van der Waals surface area (Å²) in [6.45, 7) is 4.33. The molecule has 2 aromatic rings. The lowest BCUT2D eigenvalue weighted by Gasteiger charge is -2.41. The second-order valence-corrected chi connectivity index (χ2v) is 10.6. The van der Waals surface area contributed by atoms with Crippen molar-refractivity contribution < 1.29 is 31.1 Å². The minimum Gasteiger partial charge on any atom is -0.489 e. The summed E-state index contributed by atoms with van der Waals surface area (Å²) in [5.41, 5.74) is 4.65. The topological polar surface area (TPSA) is 89.7 Å². The number of nitrogens with zero attached hydrogens (tertiary/aromatic N) is 1. The van der Waals surface area contributed by atoms with E-state index in [1.165, 1.54) is 24.3 Å². The van der Waals surface area contributed by atoms with Crippen LogP contribution in [0.1, 0.15) is 37.3 Å². The summed E-state index contributed by atoms with van der Waals surface area (Å²) in [5, 5.41) is 0. The number of alkyl halides is 3. The monoisotopic (exact) mass is 484 g/mol. The molecule has 2 aromatic carbocycles. The number of sulfone groups is 1. The van der Waals surface area contributed by atoms with Crippen molar-refractivity contribution in [1.82, 2.24) is 4.90 Å². The summed E-state index contributed by atoms with van der Waals surface area (Å²) in [5.74, 6) is -0.820. The molecule has 0 saturated carbocycles. The highest BCUT2D eigenvalue weighted by Crippen LogP contribution is 2.37. The molecule has 0 radical (unpaired) electrons. The van der Waals surface area contributed by atoms with Crippen LogP contribution in [0.3, 0.4) is 0 Å². The fraction of sp³-hybridized carbons (Fsp3) is 0.435. The predicted molar refractivity (Wildman–Crippen MR) is 118 cm³/mol. The quantitative estimate of drug-likeness (QED) is 0.649. The summed E-state index contributed by atoms with van der Waals surface area (Å²) >= 11 is 0. The highest BCUT2D eigenvalue weighted by atomic mass is 32.2. The third kappa shape index (κ3) is 5.33. The van der Waals surface area contributed by atoms with Crippen molar-refractivity contribution in [3.8, 4) is 5.75 Å². The SMILES string of the molecule is C[C@@H](c1ccc(S(C)(=O)=O)cc1)C(C)(C(N)=O)N1CC[C@@H](Oc2cccc(C(F)(F)F)c2)C1. The maximum atomic E-state index is 13.0. The van der Waals surface area contributed by atoms with Crippen LogP contribution in [0.2, 0.25) is 0 Å². The normalized spacial score (nSPS) is 20.2. The Hall–Kier alpha value is -2.59. The Morgan fingerprint density at radius 2 is 1.82 bits per heavy atom. The largest absolute Gasteiger partial charge is 0.489 e. The molecule has 1 saturated heterocycles. The molecule has 1 amide bonds. The van der Waals surface area contributed by atoms with Crippen LogP contribution < -0.4 is 10.5 Å². The molecule has 0 spiro atoms. The van der Waals surface area contributed by atoms with Gasteiger partial charge in [-0.15, -0.1) is 0 Å². The van der Waals surface area contributed by atoms with Gasteiger partial charge in [0.05, 0.1) is 10.5 Å². The molecule has 180 valence electrons. The van der Waals surface area contributed by atoms with Gasteiger partial charge in [0.25, 0.3) is 0 Å². The Kier molecular flexibility index (Phi) is 6.82. The molecule has 6 nitrogen and oxygen atoms in total. The zero-order chi connectivity index (χ0) is 24.6. The molecule has 0 aromatic heterocycles. The van der Waals surface area contributed by atoms with Gasteiger partial charge in [-0.1, -0.05) is 25.1 Å². The van der Waals surface area contributed by atoms with Crippen LogP contribution in [-0.2, 0) is 20.8 Å². The molecule has 10 heteroatoms. The lowest BCUT2D eigenvalue weighted by atomic mass is 9.80. The van der Waals surface area contributed by atoms with Gasteiger partial charge in [0.2, 0.25) is 5.91 Å². The van der Waals surface area contributed by atoms with E-state index in [0.29, 0.717) is 19.5 Å². The van der Waals surface area contributed by atoms with Gasteiger partial charge in [0.15, 0.2) is 9.84 Å². The van der Waals surface area contributed by atoms with E-state index in [2.05, 4.69) is 0 Å². The van der Waals surface area contributed by atoms with Gasteiger partial charge in [-0.05, 0) is 49.2 Å². The Balaban J connectivity index is 1.78. The molecule has 3 rings (SSSR count). The fourth-order valence-corrected chi connectivity index (χ4v) is 4.79. The standard InChI is InChI=1S/C23H27F3N2O4S/c1-15(16-7-9-20(10-8-16)33(3,30)31)22(2,21(27)29)28-12-11-19(14-28)32-18-6-4-5-17(13-18)23(24,25)26/h4-10,13,15,19H,11-12,14H2,1-3H3,(H2,27,29)/t15-,19+,22?/m0/s1. The molecule has 1 aliphatic heterocycles. The maximum Gasteiger partial charge on any atom is 0.416 e. The number of ether oxygens (including phenoxy) is 1. The number of carbonyl (C=O) groups is 1. The number of hydrogen-bond donors (Lipinski definition) is 1. The van der Waals surface area contributed by atoms with Crippen molar-refractivity contribution in [2.24, 2.45) is 5.73 Å². The maximum absolute atomic E-state index is 13.0. The van der Waals surface area contributed by atoms with Gasteiger partial charge in [-0.25, -0.2) is 8.42 Å².